The zero-order chi connectivity index (χ0) is 26.4. The molecule has 8 heteroatoms. The molecule has 3 heterocycles. The average Bonchev–Trinajstić information content (AvgIpc) is 3.67. The van der Waals surface area contributed by atoms with Gasteiger partial charge in [-0.3, -0.25) is 0 Å². The molecule has 0 bridgehead atoms. The number of tetrazole rings is 1. The highest BCUT2D eigenvalue weighted by Gasteiger charge is 2.29. The lowest BCUT2D eigenvalue weighted by molar-refractivity contribution is 0.125. The number of aromatic nitrogens is 7. The molecule has 0 spiro atoms. The van der Waals surface area contributed by atoms with Crippen molar-refractivity contribution in [2.75, 3.05) is 0 Å². The topological polar surface area (TPSA) is 105 Å². The van der Waals surface area contributed by atoms with E-state index in [4.69, 9.17) is 9.97 Å². The molecule has 0 aliphatic heterocycles. The largest absolute Gasteiger partial charge is 0.392 e. The number of aryl methyl sites for hydroxylation is 3. The predicted octanol–water partition coefficient (Wildman–Crippen LogP) is 5.24. The van der Waals surface area contributed by atoms with Crippen molar-refractivity contribution in [3.63, 3.8) is 0 Å². The van der Waals surface area contributed by atoms with Crippen molar-refractivity contribution in [3.05, 3.63) is 76.7 Å². The van der Waals surface area contributed by atoms with Crippen LogP contribution in [0.25, 0.3) is 33.7 Å². The summed E-state index contributed by atoms with van der Waals surface area (Å²) in [6, 6.07) is 17.3. The Balaban J connectivity index is 1.42. The van der Waals surface area contributed by atoms with Gasteiger partial charge >= 0.3 is 0 Å². The molecule has 2 N–H and O–H groups in total. The fourth-order valence-electron chi connectivity index (χ4n) is 5.70. The van der Waals surface area contributed by atoms with Crippen LogP contribution in [0, 0.1) is 12.8 Å². The third-order valence-corrected chi connectivity index (χ3v) is 7.81. The van der Waals surface area contributed by atoms with Crippen molar-refractivity contribution in [3.8, 4) is 22.5 Å². The highest BCUT2D eigenvalue weighted by Crippen LogP contribution is 2.40. The molecular formula is C30H33N7O. The van der Waals surface area contributed by atoms with Gasteiger partial charge in [0, 0.05) is 24.1 Å². The number of rotatable bonds is 7. The molecule has 1 aliphatic carbocycles. The summed E-state index contributed by atoms with van der Waals surface area (Å²) in [5.41, 5.74) is 9.85. The maximum absolute atomic E-state index is 10.5. The first-order chi connectivity index (χ1) is 18.4. The van der Waals surface area contributed by atoms with E-state index in [0.29, 0.717) is 12.2 Å². The molecule has 0 saturated heterocycles. The van der Waals surface area contributed by atoms with Gasteiger partial charge in [-0.15, -0.1) is 5.10 Å². The van der Waals surface area contributed by atoms with E-state index in [-0.39, 0.29) is 12.0 Å². The van der Waals surface area contributed by atoms with Crippen LogP contribution in [0.1, 0.15) is 61.4 Å². The molecule has 6 rings (SSSR count). The molecule has 0 fully saturated rings. The number of pyridine rings is 1. The van der Waals surface area contributed by atoms with Gasteiger partial charge in [0.1, 0.15) is 11.3 Å². The van der Waals surface area contributed by atoms with Crippen LogP contribution in [-0.2, 0) is 19.3 Å². The second kappa shape index (κ2) is 9.76. The molecular weight excluding hydrogens is 474 g/mol. The van der Waals surface area contributed by atoms with Crippen LogP contribution in [-0.4, -0.2) is 46.4 Å². The Kier molecular flexibility index (Phi) is 6.27. The van der Waals surface area contributed by atoms with Crippen LogP contribution in [0.5, 0.6) is 0 Å². The smallest absolute Gasteiger partial charge is 0.180 e. The van der Waals surface area contributed by atoms with E-state index in [1.165, 1.54) is 11.1 Å². The van der Waals surface area contributed by atoms with E-state index in [1.807, 2.05) is 32.0 Å². The molecule has 0 amide bonds. The second-order valence-corrected chi connectivity index (χ2v) is 10.6. The number of nitrogens with zero attached hydrogens (tertiary/aromatic N) is 6. The third-order valence-electron chi connectivity index (χ3n) is 7.81. The van der Waals surface area contributed by atoms with Crippen LogP contribution < -0.4 is 0 Å². The van der Waals surface area contributed by atoms with Gasteiger partial charge < -0.3 is 9.67 Å². The maximum Gasteiger partial charge on any atom is 0.180 e. The molecule has 38 heavy (non-hydrogen) atoms. The van der Waals surface area contributed by atoms with E-state index >= 15 is 0 Å². The standard InChI is InChI=1S/C30H33N7O/c1-5-27-32-28-18(4)14-21(16-26(38)17(2)3)31-30(28)37(27)25-13-11-20-15-19(10-12-23(20)25)22-8-6-7-9-24(22)29-33-35-36-34-29/h6-10,12,14-15,17,25-26,38H,5,11,13,16H2,1-4H3,(H,33,34,35,36)/t25-,26?/m0/s1. The molecule has 194 valence electrons. The Labute approximate surface area is 222 Å². The van der Waals surface area contributed by atoms with E-state index in [0.717, 1.165) is 64.2 Å². The Bertz CT molecular complexity index is 1600. The number of fused-ring (bicyclic) bond motifs is 2. The fourth-order valence-corrected chi connectivity index (χ4v) is 5.70. The SMILES string of the molecule is CCc1nc2c(C)cc(CC(O)C(C)C)nc2n1[C@H]1CCc2cc(-c3ccccc3-c3nnn[nH]3)ccc21. The van der Waals surface area contributed by atoms with Crippen molar-refractivity contribution in [2.24, 2.45) is 5.92 Å². The summed E-state index contributed by atoms with van der Waals surface area (Å²) in [5.74, 6) is 1.91. The molecule has 0 radical (unpaired) electrons. The molecule has 0 saturated carbocycles. The summed E-state index contributed by atoms with van der Waals surface area (Å²) in [6.45, 7) is 8.34. The third kappa shape index (κ3) is 4.19. The number of aromatic amines is 1. The minimum Gasteiger partial charge on any atom is -0.392 e. The molecule has 5 aromatic rings. The number of aliphatic hydroxyl groups is 1. The van der Waals surface area contributed by atoms with E-state index in [2.05, 4.69) is 69.4 Å². The lowest BCUT2D eigenvalue weighted by Gasteiger charge is -2.19. The van der Waals surface area contributed by atoms with E-state index < -0.39 is 6.10 Å². The monoisotopic (exact) mass is 507 g/mol. The number of aliphatic hydroxyl groups excluding tert-OH is 1. The Morgan fingerprint density at radius 2 is 1.89 bits per heavy atom. The fraction of sp³-hybridized carbons (Fsp3) is 0.367. The first-order valence-corrected chi connectivity index (χ1v) is 13.5. The number of imidazole rings is 1. The van der Waals surface area contributed by atoms with Gasteiger partial charge in [0.15, 0.2) is 11.5 Å². The van der Waals surface area contributed by atoms with Crippen molar-refractivity contribution in [2.45, 2.75) is 65.5 Å². The number of hydrogen-bond donors (Lipinski definition) is 2. The van der Waals surface area contributed by atoms with E-state index in [1.54, 1.807) is 0 Å². The van der Waals surface area contributed by atoms with Gasteiger partial charge in [-0.2, -0.15) is 0 Å². The van der Waals surface area contributed by atoms with Gasteiger partial charge in [0.2, 0.25) is 0 Å². The van der Waals surface area contributed by atoms with Crippen molar-refractivity contribution in [1.29, 1.82) is 0 Å². The predicted molar refractivity (Wildman–Crippen MR) is 148 cm³/mol. The van der Waals surface area contributed by atoms with Gasteiger partial charge in [-0.05, 0) is 70.0 Å². The average molecular weight is 508 g/mol. The maximum atomic E-state index is 10.5. The van der Waals surface area contributed by atoms with Gasteiger partial charge in [0.05, 0.1) is 12.1 Å². The lowest BCUT2D eigenvalue weighted by atomic mass is 9.96. The molecule has 2 aromatic carbocycles. The minimum atomic E-state index is -0.414. The zero-order valence-corrected chi connectivity index (χ0v) is 22.3. The summed E-state index contributed by atoms with van der Waals surface area (Å²) < 4.78 is 2.35. The van der Waals surface area contributed by atoms with Crippen LogP contribution in [0.4, 0.5) is 0 Å². The minimum absolute atomic E-state index is 0.185. The normalized spacial score (nSPS) is 15.9. The zero-order valence-electron chi connectivity index (χ0n) is 22.3. The Morgan fingerprint density at radius 3 is 2.63 bits per heavy atom. The van der Waals surface area contributed by atoms with Crippen LogP contribution in [0.3, 0.4) is 0 Å². The molecule has 8 nitrogen and oxygen atoms in total. The number of H-pyrrole nitrogens is 1. The summed E-state index contributed by atoms with van der Waals surface area (Å²) in [7, 11) is 0. The molecule has 1 aliphatic rings. The highest BCUT2D eigenvalue weighted by atomic mass is 16.3. The van der Waals surface area contributed by atoms with Crippen LogP contribution in [0.15, 0.2) is 48.5 Å². The number of hydrogen-bond acceptors (Lipinski definition) is 6. The van der Waals surface area contributed by atoms with Gasteiger partial charge in [-0.1, -0.05) is 63.2 Å². The summed E-state index contributed by atoms with van der Waals surface area (Å²) in [5, 5.41) is 25.1. The molecule has 3 aromatic heterocycles. The van der Waals surface area contributed by atoms with Crippen molar-refractivity contribution in [1.82, 2.24) is 35.2 Å². The highest BCUT2D eigenvalue weighted by molar-refractivity contribution is 5.81. The Morgan fingerprint density at radius 1 is 1.08 bits per heavy atom. The first-order valence-electron chi connectivity index (χ1n) is 13.5. The quantitative estimate of drug-likeness (QED) is 0.312. The first kappa shape index (κ1) is 24.4. The second-order valence-electron chi connectivity index (χ2n) is 10.6. The van der Waals surface area contributed by atoms with Crippen molar-refractivity contribution < 1.29 is 5.11 Å². The Hall–Kier alpha value is -3.91. The lowest BCUT2D eigenvalue weighted by Crippen LogP contribution is -2.19. The van der Waals surface area contributed by atoms with Crippen molar-refractivity contribution >= 4 is 11.2 Å². The molecule has 2 atom stereocenters. The molecule has 1 unspecified atom stereocenters. The van der Waals surface area contributed by atoms with E-state index in [9.17, 15) is 5.11 Å². The van der Waals surface area contributed by atoms with Crippen LogP contribution >= 0.6 is 0 Å². The summed E-state index contributed by atoms with van der Waals surface area (Å²) >= 11 is 0. The van der Waals surface area contributed by atoms with Gasteiger partial charge in [-0.25, -0.2) is 15.1 Å². The van der Waals surface area contributed by atoms with Crippen LogP contribution in [0.2, 0.25) is 0 Å². The summed E-state index contributed by atoms with van der Waals surface area (Å²) in [6.07, 6.45) is 2.97. The number of benzene rings is 2. The van der Waals surface area contributed by atoms with Gasteiger partial charge in [0.25, 0.3) is 0 Å². The number of nitrogens with one attached hydrogen (secondary N) is 1. The summed E-state index contributed by atoms with van der Waals surface area (Å²) in [4.78, 5) is 10.1.